The van der Waals surface area contributed by atoms with Crippen LogP contribution in [-0.4, -0.2) is 13.2 Å². The summed E-state index contributed by atoms with van der Waals surface area (Å²) in [5.41, 5.74) is 2.33. The summed E-state index contributed by atoms with van der Waals surface area (Å²) in [6, 6.07) is 16.9. The number of nitrogens with one attached hydrogen (secondary N) is 1. The molecule has 0 spiro atoms. The molecule has 1 fully saturated rings. The number of methoxy groups -OCH3 is 1. The Hall–Kier alpha value is -2.00. The Morgan fingerprint density at radius 2 is 1.90 bits per heavy atom. The molecular weight excluding hydrogens is 262 g/mol. The van der Waals surface area contributed by atoms with Gasteiger partial charge in [-0.3, -0.25) is 0 Å². The van der Waals surface area contributed by atoms with Crippen LogP contribution in [0.2, 0.25) is 0 Å². The Morgan fingerprint density at radius 1 is 1.10 bits per heavy atom. The first kappa shape index (κ1) is 14.0. The highest BCUT2D eigenvalue weighted by molar-refractivity contribution is 5.40. The molecule has 0 heterocycles. The highest BCUT2D eigenvalue weighted by Gasteiger charge is 2.20. The van der Waals surface area contributed by atoms with Crippen molar-refractivity contribution in [3.05, 3.63) is 59.7 Å². The molecule has 0 radical (unpaired) electrons. The monoisotopic (exact) mass is 283 g/mol. The third-order valence-corrected chi connectivity index (χ3v) is 3.66. The van der Waals surface area contributed by atoms with Crippen molar-refractivity contribution in [3.8, 4) is 11.5 Å². The standard InChI is InChI=1S/C18H21NO2/c1-20-17-9-10-18(15(11-17)12-19-16-7-8-16)21-13-14-5-3-2-4-6-14/h2-6,9-11,16,19H,7-8,12-13H2,1H3. The average Bonchev–Trinajstić information content (AvgIpc) is 3.36. The molecule has 3 rings (SSSR count). The molecule has 1 saturated carbocycles. The summed E-state index contributed by atoms with van der Waals surface area (Å²) in [5, 5.41) is 3.53. The van der Waals surface area contributed by atoms with Crippen LogP contribution in [0.5, 0.6) is 11.5 Å². The zero-order valence-corrected chi connectivity index (χ0v) is 12.3. The van der Waals surface area contributed by atoms with Gasteiger partial charge in [0.15, 0.2) is 0 Å². The summed E-state index contributed by atoms with van der Waals surface area (Å²) in [6.45, 7) is 1.41. The zero-order chi connectivity index (χ0) is 14.5. The lowest BCUT2D eigenvalue weighted by Gasteiger charge is -2.13. The van der Waals surface area contributed by atoms with E-state index in [1.807, 2.05) is 30.3 Å². The van der Waals surface area contributed by atoms with E-state index >= 15 is 0 Å². The third kappa shape index (κ3) is 3.99. The molecule has 0 bridgehead atoms. The smallest absolute Gasteiger partial charge is 0.124 e. The van der Waals surface area contributed by atoms with Gasteiger partial charge in [0.05, 0.1) is 7.11 Å². The van der Waals surface area contributed by atoms with E-state index < -0.39 is 0 Å². The van der Waals surface area contributed by atoms with Gasteiger partial charge in [-0.05, 0) is 36.6 Å². The first-order chi connectivity index (χ1) is 10.3. The lowest BCUT2D eigenvalue weighted by Crippen LogP contribution is -2.16. The van der Waals surface area contributed by atoms with Gasteiger partial charge < -0.3 is 14.8 Å². The molecule has 21 heavy (non-hydrogen) atoms. The van der Waals surface area contributed by atoms with Gasteiger partial charge in [-0.15, -0.1) is 0 Å². The highest BCUT2D eigenvalue weighted by Crippen LogP contribution is 2.27. The van der Waals surface area contributed by atoms with Crippen molar-refractivity contribution < 1.29 is 9.47 Å². The number of rotatable bonds is 7. The maximum Gasteiger partial charge on any atom is 0.124 e. The molecular formula is C18H21NO2. The van der Waals surface area contributed by atoms with Gasteiger partial charge in [-0.1, -0.05) is 30.3 Å². The first-order valence-electron chi connectivity index (χ1n) is 7.42. The minimum absolute atomic E-state index is 0.587. The van der Waals surface area contributed by atoms with E-state index in [0.29, 0.717) is 12.6 Å². The molecule has 2 aromatic rings. The van der Waals surface area contributed by atoms with E-state index in [1.54, 1.807) is 7.11 Å². The van der Waals surface area contributed by atoms with Crippen LogP contribution in [0.25, 0.3) is 0 Å². The molecule has 110 valence electrons. The maximum atomic E-state index is 5.98. The van der Waals surface area contributed by atoms with E-state index in [4.69, 9.17) is 9.47 Å². The Balaban J connectivity index is 1.69. The van der Waals surface area contributed by atoms with Gasteiger partial charge in [-0.25, -0.2) is 0 Å². The average molecular weight is 283 g/mol. The van der Waals surface area contributed by atoms with Gasteiger partial charge in [-0.2, -0.15) is 0 Å². The predicted molar refractivity (Wildman–Crippen MR) is 83.6 cm³/mol. The fraction of sp³-hybridized carbons (Fsp3) is 0.333. The highest BCUT2D eigenvalue weighted by atomic mass is 16.5. The second-order valence-corrected chi connectivity index (χ2v) is 5.40. The third-order valence-electron chi connectivity index (χ3n) is 3.66. The van der Waals surface area contributed by atoms with Crippen LogP contribution < -0.4 is 14.8 Å². The Bertz CT molecular complexity index is 579. The predicted octanol–water partition coefficient (Wildman–Crippen LogP) is 3.53. The number of benzene rings is 2. The van der Waals surface area contributed by atoms with Crippen LogP contribution in [0.4, 0.5) is 0 Å². The number of hydrogen-bond donors (Lipinski definition) is 1. The van der Waals surface area contributed by atoms with Gasteiger partial charge in [0.25, 0.3) is 0 Å². The molecule has 2 aromatic carbocycles. The van der Waals surface area contributed by atoms with Crippen molar-refractivity contribution in [1.29, 1.82) is 0 Å². The molecule has 0 unspecified atom stereocenters. The maximum absolute atomic E-state index is 5.98. The van der Waals surface area contributed by atoms with Gasteiger partial charge in [0.1, 0.15) is 18.1 Å². The molecule has 0 atom stereocenters. The van der Waals surface area contributed by atoms with E-state index in [1.165, 1.54) is 18.4 Å². The largest absolute Gasteiger partial charge is 0.497 e. The van der Waals surface area contributed by atoms with Crippen molar-refractivity contribution >= 4 is 0 Å². The van der Waals surface area contributed by atoms with Crippen molar-refractivity contribution in [2.45, 2.75) is 32.0 Å². The lowest BCUT2D eigenvalue weighted by atomic mass is 10.2. The lowest BCUT2D eigenvalue weighted by molar-refractivity contribution is 0.301. The van der Waals surface area contributed by atoms with Crippen LogP contribution in [0, 0.1) is 0 Å². The molecule has 3 nitrogen and oxygen atoms in total. The molecule has 1 aliphatic rings. The summed E-state index contributed by atoms with van der Waals surface area (Å²) in [5.74, 6) is 1.79. The summed E-state index contributed by atoms with van der Waals surface area (Å²) >= 11 is 0. The molecule has 3 heteroatoms. The number of hydrogen-bond acceptors (Lipinski definition) is 3. The fourth-order valence-corrected chi connectivity index (χ4v) is 2.24. The summed E-state index contributed by atoms with van der Waals surface area (Å²) in [4.78, 5) is 0. The van der Waals surface area contributed by atoms with Crippen molar-refractivity contribution in [1.82, 2.24) is 5.32 Å². The van der Waals surface area contributed by atoms with Gasteiger partial charge in [0.2, 0.25) is 0 Å². The van der Waals surface area contributed by atoms with E-state index in [-0.39, 0.29) is 0 Å². The van der Waals surface area contributed by atoms with Crippen molar-refractivity contribution in [3.63, 3.8) is 0 Å². The number of ether oxygens (including phenoxy) is 2. The zero-order valence-electron chi connectivity index (χ0n) is 12.3. The summed E-state index contributed by atoms with van der Waals surface area (Å²) in [7, 11) is 1.69. The minimum atomic E-state index is 0.587. The van der Waals surface area contributed by atoms with Crippen LogP contribution in [0.1, 0.15) is 24.0 Å². The molecule has 0 aliphatic heterocycles. The van der Waals surface area contributed by atoms with Crippen LogP contribution in [0.3, 0.4) is 0 Å². The molecule has 0 aromatic heterocycles. The second kappa shape index (κ2) is 6.64. The van der Waals surface area contributed by atoms with Gasteiger partial charge >= 0.3 is 0 Å². The molecule has 0 saturated heterocycles. The second-order valence-electron chi connectivity index (χ2n) is 5.40. The minimum Gasteiger partial charge on any atom is -0.497 e. The fourth-order valence-electron chi connectivity index (χ4n) is 2.24. The Morgan fingerprint density at radius 3 is 2.62 bits per heavy atom. The van der Waals surface area contributed by atoms with Crippen LogP contribution in [0.15, 0.2) is 48.5 Å². The SMILES string of the molecule is COc1ccc(OCc2ccccc2)c(CNC2CC2)c1. The van der Waals surface area contributed by atoms with Crippen LogP contribution in [-0.2, 0) is 13.2 Å². The molecule has 1 N–H and O–H groups in total. The molecule has 1 aliphatic carbocycles. The van der Waals surface area contributed by atoms with Crippen molar-refractivity contribution in [2.24, 2.45) is 0 Å². The van der Waals surface area contributed by atoms with E-state index in [9.17, 15) is 0 Å². The Labute approximate surface area is 125 Å². The molecule has 0 amide bonds. The quantitative estimate of drug-likeness (QED) is 0.843. The normalized spacial score (nSPS) is 14.0. The summed E-state index contributed by atoms with van der Waals surface area (Å²) in [6.07, 6.45) is 2.56. The van der Waals surface area contributed by atoms with Gasteiger partial charge in [0, 0.05) is 18.2 Å². The Kier molecular flexibility index (Phi) is 4.41. The van der Waals surface area contributed by atoms with Crippen molar-refractivity contribution in [2.75, 3.05) is 7.11 Å². The summed E-state index contributed by atoms with van der Waals surface area (Å²) < 4.78 is 11.3. The van der Waals surface area contributed by atoms with E-state index in [0.717, 1.165) is 23.6 Å². The van der Waals surface area contributed by atoms with Crippen LogP contribution >= 0.6 is 0 Å². The van der Waals surface area contributed by atoms with E-state index in [2.05, 4.69) is 23.5 Å². The topological polar surface area (TPSA) is 30.5 Å². The first-order valence-corrected chi connectivity index (χ1v) is 7.42.